The van der Waals surface area contributed by atoms with E-state index in [1.165, 1.54) is 0 Å². The first-order valence-corrected chi connectivity index (χ1v) is 6.68. The molecule has 0 spiro atoms. The summed E-state index contributed by atoms with van der Waals surface area (Å²) in [7, 11) is 1.63. The van der Waals surface area contributed by atoms with Crippen LogP contribution in [-0.2, 0) is 4.74 Å². The van der Waals surface area contributed by atoms with Gasteiger partial charge in [-0.2, -0.15) is 0 Å². The highest BCUT2D eigenvalue weighted by Crippen LogP contribution is 2.15. The number of benzene rings is 2. The molecule has 0 aliphatic carbocycles. The first kappa shape index (κ1) is 14.8. The fourth-order valence-corrected chi connectivity index (χ4v) is 1.74. The van der Waals surface area contributed by atoms with Crippen LogP contribution in [0.15, 0.2) is 53.5 Å². The summed E-state index contributed by atoms with van der Waals surface area (Å²) < 4.78 is 10.0. The van der Waals surface area contributed by atoms with E-state index in [0.717, 1.165) is 17.0 Å². The molecule has 21 heavy (non-hydrogen) atoms. The Morgan fingerprint density at radius 1 is 1.10 bits per heavy atom. The second-order valence-electron chi connectivity index (χ2n) is 4.30. The van der Waals surface area contributed by atoms with Crippen LogP contribution < -0.4 is 4.74 Å². The zero-order chi connectivity index (χ0) is 15.1. The third-order valence-corrected chi connectivity index (χ3v) is 2.86. The number of rotatable bonds is 5. The quantitative estimate of drug-likeness (QED) is 0.622. The molecular weight excluding hydrogens is 266 g/mol. The molecule has 0 saturated heterocycles. The summed E-state index contributed by atoms with van der Waals surface area (Å²) in [6.45, 7) is 2.15. The molecule has 4 heteroatoms. The van der Waals surface area contributed by atoms with Crippen molar-refractivity contribution in [3.8, 4) is 5.75 Å². The van der Waals surface area contributed by atoms with E-state index >= 15 is 0 Å². The molecule has 0 saturated carbocycles. The summed E-state index contributed by atoms with van der Waals surface area (Å²) >= 11 is 0. The minimum Gasteiger partial charge on any atom is -0.497 e. The third-order valence-electron chi connectivity index (χ3n) is 2.86. The van der Waals surface area contributed by atoms with Gasteiger partial charge in [0, 0.05) is 6.21 Å². The molecular formula is C17H17NO3. The summed E-state index contributed by atoms with van der Waals surface area (Å²) in [5.74, 6) is 0.495. The van der Waals surface area contributed by atoms with Gasteiger partial charge < -0.3 is 9.47 Å². The minimum atomic E-state index is -0.316. The Morgan fingerprint density at radius 3 is 2.33 bits per heavy atom. The fraction of sp³-hybridized carbons (Fsp3) is 0.176. The van der Waals surface area contributed by atoms with E-state index in [1.54, 1.807) is 44.5 Å². The summed E-state index contributed by atoms with van der Waals surface area (Å²) in [4.78, 5) is 15.9. The van der Waals surface area contributed by atoms with Crippen molar-refractivity contribution in [1.29, 1.82) is 0 Å². The molecule has 0 atom stereocenters. The molecule has 0 bridgehead atoms. The Kier molecular flexibility index (Phi) is 5.10. The molecule has 2 aromatic rings. The largest absolute Gasteiger partial charge is 0.497 e. The zero-order valence-corrected chi connectivity index (χ0v) is 12.1. The number of esters is 1. The first-order chi connectivity index (χ1) is 10.2. The second-order valence-corrected chi connectivity index (χ2v) is 4.30. The zero-order valence-electron chi connectivity index (χ0n) is 12.1. The molecule has 0 heterocycles. The number of hydrogen-bond donors (Lipinski definition) is 0. The lowest BCUT2D eigenvalue weighted by atomic mass is 10.2. The van der Waals surface area contributed by atoms with Gasteiger partial charge in [-0.1, -0.05) is 0 Å². The maximum absolute atomic E-state index is 11.5. The highest BCUT2D eigenvalue weighted by Gasteiger charge is 2.04. The first-order valence-electron chi connectivity index (χ1n) is 6.68. The Bertz CT molecular complexity index is 615. The minimum absolute atomic E-state index is 0.316. The van der Waals surface area contributed by atoms with Gasteiger partial charge >= 0.3 is 5.97 Å². The molecule has 0 aromatic heterocycles. The van der Waals surface area contributed by atoms with Gasteiger partial charge in [0.25, 0.3) is 0 Å². The molecule has 0 radical (unpaired) electrons. The van der Waals surface area contributed by atoms with Crippen LogP contribution in [0.3, 0.4) is 0 Å². The standard InChI is InChI=1S/C17H17NO3/c1-3-21-17(19)14-6-8-15(9-7-14)18-12-13-4-10-16(20-2)11-5-13/h4-12H,3H2,1-2H3/b18-12+. The molecule has 0 fully saturated rings. The predicted octanol–water partition coefficient (Wildman–Crippen LogP) is 3.62. The van der Waals surface area contributed by atoms with E-state index in [-0.39, 0.29) is 5.97 Å². The lowest BCUT2D eigenvalue weighted by Gasteiger charge is -2.01. The maximum Gasteiger partial charge on any atom is 0.338 e. The summed E-state index contributed by atoms with van der Waals surface area (Å²) in [6, 6.07) is 14.6. The van der Waals surface area contributed by atoms with Crippen molar-refractivity contribution in [3.63, 3.8) is 0 Å². The molecule has 0 N–H and O–H groups in total. The van der Waals surface area contributed by atoms with Gasteiger partial charge in [-0.3, -0.25) is 4.99 Å². The monoisotopic (exact) mass is 283 g/mol. The average molecular weight is 283 g/mol. The van der Waals surface area contributed by atoms with Gasteiger partial charge in [-0.15, -0.1) is 0 Å². The highest BCUT2D eigenvalue weighted by molar-refractivity contribution is 5.90. The Balaban J connectivity index is 2.05. The molecule has 0 aliphatic rings. The molecule has 2 rings (SSSR count). The Hall–Kier alpha value is -2.62. The van der Waals surface area contributed by atoms with E-state index in [4.69, 9.17) is 9.47 Å². The van der Waals surface area contributed by atoms with Gasteiger partial charge in [-0.25, -0.2) is 4.79 Å². The molecule has 0 unspecified atom stereocenters. The van der Waals surface area contributed by atoms with E-state index in [1.807, 2.05) is 24.3 Å². The third kappa shape index (κ3) is 4.18. The van der Waals surface area contributed by atoms with Crippen LogP contribution in [0, 0.1) is 0 Å². The lowest BCUT2D eigenvalue weighted by Crippen LogP contribution is -2.03. The number of carbonyl (C=O) groups excluding carboxylic acids is 1. The van der Waals surface area contributed by atoms with Crippen molar-refractivity contribution in [1.82, 2.24) is 0 Å². The number of methoxy groups -OCH3 is 1. The van der Waals surface area contributed by atoms with Crippen molar-refractivity contribution >= 4 is 17.9 Å². The van der Waals surface area contributed by atoms with Crippen molar-refractivity contribution in [2.24, 2.45) is 4.99 Å². The van der Waals surface area contributed by atoms with Crippen LogP contribution in [0.2, 0.25) is 0 Å². The van der Waals surface area contributed by atoms with E-state index in [9.17, 15) is 4.79 Å². The Labute approximate surface area is 124 Å². The normalized spacial score (nSPS) is 10.6. The van der Waals surface area contributed by atoms with Crippen LogP contribution in [0.4, 0.5) is 5.69 Å². The molecule has 108 valence electrons. The molecule has 0 aliphatic heterocycles. The molecule has 2 aromatic carbocycles. The van der Waals surface area contributed by atoms with Gasteiger partial charge in [0.05, 0.1) is 25.0 Å². The topological polar surface area (TPSA) is 47.9 Å². The van der Waals surface area contributed by atoms with Crippen LogP contribution in [0.25, 0.3) is 0 Å². The fourth-order valence-electron chi connectivity index (χ4n) is 1.74. The van der Waals surface area contributed by atoms with Gasteiger partial charge in [0.1, 0.15) is 5.75 Å². The number of hydrogen-bond acceptors (Lipinski definition) is 4. The number of nitrogens with zero attached hydrogens (tertiary/aromatic N) is 1. The summed E-state index contributed by atoms with van der Waals surface area (Å²) in [6.07, 6.45) is 1.76. The van der Waals surface area contributed by atoms with Crippen LogP contribution in [0.5, 0.6) is 5.75 Å². The molecule has 4 nitrogen and oxygen atoms in total. The summed E-state index contributed by atoms with van der Waals surface area (Å²) in [5.41, 5.74) is 2.28. The van der Waals surface area contributed by atoms with E-state index < -0.39 is 0 Å². The van der Waals surface area contributed by atoms with Crippen molar-refractivity contribution in [2.75, 3.05) is 13.7 Å². The Morgan fingerprint density at radius 2 is 1.76 bits per heavy atom. The summed E-state index contributed by atoms with van der Waals surface area (Å²) in [5, 5.41) is 0. The van der Waals surface area contributed by atoms with Gasteiger partial charge in [-0.05, 0) is 61.0 Å². The number of ether oxygens (including phenoxy) is 2. The van der Waals surface area contributed by atoms with Gasteiger partial charge in [0.15, 0.2) is 0 Å². The lowest BCUT2D eigenvalue weighted by molar-refractivity contribution is 0.0526. The average Bonchev–Trinajstić information content (AvgIpc) is 2.54. The van der Waals surface area contributed by atoms with Crippen molar-refractivity contribution < 1.29 is 14.3 Å². The van der Waals surface area contributed by atoms with Crippen LogP contribution >= 0.6 is 0 Å². The highest BCUT2D eigenvalue weighted by atomic mass is 16.5. The van der Waals surface area contributed by atoms with E-state index in [2.05, 4.69) is 4.99 Å². The predicted molar refractivity (Wildman–Crippen MR) is 82.6 cm³/mol. The SMILES string of the molecule is CCOC(=O)c1ccc(/N=C/c2ccc(OC)cc2)cc1. The van der Waals surface area contributed by atoms with Crippen LogP contribution in [-0.4, -0.2) is 25.9 Å². The van der Waals surface area contributed by atoms with E-state index in [0.29, 0.717) is 12.2 Å². The smallest absolute Gasteiger partial charge is 0.338 e. The second kappa shape index (κ2) is 7.24. The number of aliphatic imine (C=N–C) groups is 1. The molecule has 0 amide bonds. The van der Waals surface area contributed by atoms with Crippen molar-refractivity contribution in [2.45, 2.75) is 6.92 Å². The van der Waals surface area contributed by atoms with Crippen molar-refractivity contribution in [3.05, 3.63) is 59.7 Å². The van der Waals surface area contributed by atoms with Crippen LogP contribution in [0.1, 0.15) is 22.8 Å². The maximum atomic E-state index is 11.5. The number of carbonyl (C=O) groups is 1. The van der Waals surface area contributed by atoms with Gasteiger partial charge in [0.2, 0.25) is 0 Å².